The number of benzene rings is 1. The Bertz CT molecular complexity index is 822. The van der Waals surface area contributed by atoms with Crippen molar-refractivity contribution in [1.82, 2.24) is 9.62 Å². The molecule has 0 saturated carbocycles. The standard InChI is InChI=1S/C16H20N2O6S/c1-2-24-13-4-3-11(7-12(13)15(20)21)25(22,23)18-6-5-16(10-18)8-14(19)17-9-16/h3-4,7H,2,5-6,8-10H2,1H3,(H,17,19)(H,20,21). The number of ether oxygens (including phenoxy) is 1. The van der Waals surface area contributed by atoms with Crippen molar-refractivity contribution in [2.24, 2.45) is 5.41 Å². The lowest BCUT2D eigenvalue weighted by atomic mass is 9.86. The Morgan fingerprint density at radius 2 is 2.20 bits per heavy atom. The van der Waals surface area contributed by atoms with Crippen LogP contribution < -0.4 is 10.1 Å². The van der Waals surface area contributed by atoms with Gasteiger partial charge in [0.05, 0.1) is 11.5 Å². The Labute approximate surface area is 145 Å². The second-order valence-electron chi connectivity index (χ2n) is 6.44. The highest BCUT2D eigenvalue weighted by atomic mass is 32.2. The summed E-state index contributed by atoms with van der Waals surface area (Å²) in [6.45, 7) is 3.04. The van der Waals surface area contributed by atoms with Crippen LogP contribution in [0.2, 0.25) is 0 Å². The fourth-order valence-corrected chi connectivity index (χ4v) is 4.99. The highest BCUT2D eigenvalue weighted by Crippen LogP contribution is 2.39. The molecule has 2 fully saturated rings. The first-order valence-electron chi connectivity index (χ1n) is 8.04. The summed E-state index contributed by atoms with van der Waals surface area (Å²) in [5, 5.41) is 12.1. The summed E-state index contributed by atoms with van der Waals surface area (Å²) in [6.07, 6.45) is 0.927. The van der Waals surface area contributed by atoms with E-state index in [1.165, 1.54) is 16.4 Å². The minimum Gasteiger partial charge on any atom is -0.493 e. The van der Waals surface area contributed by atoms with Gasteiger partial charge >= 0.3 is 5.97 Å². The molecule has 2 heterocycles. The van der Waals surface area contributed by atoms with Crippen LogP contribution in [0.3, 0.4) is 0 Å². The number of carboxylic acids is 1. The minimum absolute atomic E-state index is 0.0616. The lowest BCUT2D eigenvalue weighted by molar-refractivity contribution is -0.119. The molecule has 136 valence electrons. The van der Waals surface area contributed by atoms with Gasteiger partial charge in [-0.2, -0.15) is 4.31 Å². The van der Waals surface area contributed by atoms with Crippen molar-refractivity contribution < 1.29 is 27.9 Å². The van der Waals surface area contributed by atoms with Crippen LogP contribution in [-0.4, -0.2) is 55.9 Å². The summed E-state index contributed by atoms with van der Waals surface area (Å²) in [7, 11) is -3.83. The average Bonchev–Trinajstić information content (AvgIpc) is 3.14. The number of nitrogens with zero attached hydrogens (tertiary/aromatic N) is 1. The first kappa shape index (κ1) is 17.7. The minimum atomic E-state index is -3.83. The maximum Gasteiger partial charge on any atom is 0.339 e. The van der Waals surface area contributed by atoms with E-state index in [4.69, 9.17) is 4.74 Å². The number of carbonyl (C=O) groups excluding carboxylic acids is 1. The van der Waals surface area contributed by atoms with E-state index in [0.717, 1.165) is 6.07 Å². The lowest BCUT2D eigenvalue weighted by Crippen LogP contribution is -2.33. The smallest absolute Gasteiger partial charge is 0.339 e. The zero-order valence-corrected chi connectivity index (χ0v) is 14.6. The maximum absolute atomic E-state index is 12.9. The monoisotopic (exact) mass is 368 g/mol. The van der Waals surface area contributed by atoms with Gasteiger partial charge in [0, 0.05) is 31.5 Å². The van der Waals surface area contributed by atoms with E-state index in [2.05, 4.69) is 5.32 Å². The summed E-state index contributed by atoms with van der Waals surface area (Å²) < 4.78 is 32.3. The van der Waals surface area contributed by atoms with E-state index in [0.29, 0.717) is 25.9 Å². The molecular weight excluding hydrogens is 348 g/mol. The zero-order valence-electron chi connectivity index (χ0n) is 13.8. The number of carboxylic acid groups (broad SMARTS) is 1. The molecule has 0 radical (unpaired) electrons. The fourth-order valence-electron chi connectivity index (χ4n) is 3.41. The molecule has 1 aromatic carbocycles. The molecule has 0 aliphatic carbocycles. The van der Waals surface area contributed by atoms with Crippen LogP contribution in [0, 0.1) is 5.41 Å². The number of nitrogens with one attached hydrogen (secondary N) is 1. The van der Waals surface area contributed by atoms with E-state index < -0.39 is 16.0 Å². The predicted octanol–water partition coefficient (Wildman–Crippen LogP) is 0.684. The van der Waals surface area contributed by atoms with Gasteiger partial charge in [0.15, 0.2) is 0 Å². The highest BCUT2D eigenvalue weighted by Gasteiger charge is 2.47. The normalized spacial score (nSPS) is 23.8. The van der Waals surface area contributed by atoms with E-state index in [1.54, 1.807) is 6.92 Å². The average molecular weight is 368 g/mol. The molecule has 1 unspecified atom stereocenters. The van der Waals surface area contributed by atoms with E-state index in [-0.39, 0.29) is 40.7 Å². The third-order valence-corrected chi connectivity index (χ3v) is 6.56. The molecule has 0 bridgehead atoms. The van der Waals surface area contributed by atoms with Crippen molar-refractivity contribution in [3.8, 4) is 5.75 Å². The predicted molar refractivity (Wildman–Crippen MR) is 88.0 cm³/mol. The number of carbonyl (C=O) groups is 2. The number of sulfonamides is 1. The van der Waals surface area contributed by atoms with Gasteiger partial charge in [-0.3, -0.25) is 4.79 Å². The van der Waals surface area contributed by atoms with Crippen LogP contribution >= 0.6 is 0 Å². The molecule has 8 nitrogen and oxygen atoms in total. The van der Waals surface area contributed by atoms with Crippen molar-refractivity contribution in [3.63, 3.8) is 0 Å². The second kappa shape index (κ2) is 6.30. The topological polar surface area (TPSA) is 113 Å². The van der Waals surface area contributed by atoms with Crippen LogP contribution in [0.15, 0.2) is 23.1 Å². The second-order valence-corrected chi connectivity index (χ2v) is 8.38. The third-order valence-electron chi connectivity index (χ3n) is 4.72. The molecule has 1 spiro atoms. The van der Waals surface area contributed by atoms with Gasteiger partial charge in [0.2, 0.25) is 15.9 Å². The molecular formula is C16H20N2O6S. The molecule has 1 aromatic rings. The van der Waals surface area contributed by atoms with Crippen LogP contribution in [0.5, 0.6) is 5.75 Å². The van der Waals surface area contributed by atoms with Gasteiger partial charge in [-0.15, -0.1) is 0 Å². The SMILES string of the molecule is CCOc1ccc(S(=O)(=O)N2CCC3(CNC(=O)C3)C2)cc1C(=O)O. The molecule has 0 aromatic heterocycles. The Balaban J connectivity index is 1.89. The van der Waals surface area contributed by atoms with Crippen molar-refractivity contribution in [2.45, 2.75) is 24.7 Å². The first-order chi connectivity index (χ1) is 11.8. The van der Waals surface area contributed by atoms with Crippen LogP contribution in [-0.2, 0) is 14.8 Å². The summed E-state index contributed by atoms with van der Waals surface area (Å²) in [5.41, 5.74) is -0.542. The number of hydrogen-bond acceptors (Lipinski definition) is 5. The van der Waals surface area contributed by atoms with Gasteiger partial charge in [-0.05, 0) is 31.5 Å². The maximum atomic E-state index is 12.9. The molecule has 2 saturated heterocycles. The van der Waals surface area contributed by atoms with E-state index in [9.17, 15) is 23.1 Å². The van der Waals surface area contributed by atoms with Gasteiger partial charge in [0.25, 0.3) is 0 Å². The summed E-state index contributed by atoms with van der Waals surface area (Å²) in [4.78, 5) is 22.8. The summed E-state index contributed by atoms with van der Waals surface area (Å²) in [6, 6.07) is 3.86. The Morgan fingerprint density at radius 1 is 1.44 bits per heavy atom. The van der Waals surface area contributed by atoms with Gasteiger partial charge < -0.3 is 15.2 Å². The van der Waals surface area contributed by atoms with Crippen molar-refractivity contribution >= 4 is 21.9 Å². The lowest BCUT2D eigenvalue weighted by Gasteiger charge is -2.22. The number of hydrogen-bond donors (Lipinski definition) is 2. The molecule has 1 atom stereocenters. The Hall–Kier alpha value is -2.13. The van der Waals surface area contributed by atoms with Crippen molar-refractivity contribution in [1.29, 1.82) is 0 Å². The molecule has 2 N–H and O–H groups in total. The molecule has 2 aliphatic rings. The van der Waals surface area contributed by atoms with E-state index in [1.807, 2.05) is 0 Å². The quantitative estimate of drug-likeness (QED) is 0.790. The molecule has 1 amide bonds. The van der Waals surface area contributed by atoms with Crippen LogP contribution in [0.4, 0.5) is 0 Å². The highest BCUT2D eigenvalue weighted by molar-refractivity contribution is 7.89. The van der Waals surface area contributed by atoms with Gasteiger partial charge in [-0.1, -0.05) is 0 Å². The van der Waals surface area contributed by atoms with Crippen LogP contribution in [0.25, 0.3) is 0 Å². The van der Waals surface area contributed by atoms with Crippen molar-refractivity contribution in [3.05, 3.63) is 23.8 Å². The summed E-state index contributed by atoms with van der Waals surface area (Å²) >= 11 is 0. The number of rotatable bonds is 5. The van der Waals surface area contributed by atoms with Gasteiger partial charge in [-0.25, -0.2) is 13.2 Å². The van der Waals surface area contributed by atoms with Crippen molar-refractivity contribution in [2.75, 3.05) is 26.2 Å². The Morgan fingerprint density at radius 3 is 2.80 bits per heavy atom. The third kappa shape index (κ3) is 3.21. The molecule has 9 heteroatoms. The largest absolute Gasteiger partial charge is 0.493 e. The van der Waals surface area contributed by atoms with Gasteiger partial charge in [0.1, 0.15) is 11.3 Å². The molecule has 2 aliphatic heterocycles. The first-order valence-corrected chi connectivity index (χ1v) is 9.48. The molecule has 3 rings (SSSR count). The number of amides is 1. The fraction of sp³-hybridized carbons (Fsp3) is 0.500. The Kier molecular flexibility index (Phi) is 4.46. The number of aromatic carboxylic acids is 1. The van der Waals surface area contributed by atoms with E-state index >= 15 is 0 Å². The zero-order chi connectivity index (χ0) is 18.2. The van der Waals surface area contributed by atoms with Crippen LogP contribution in [0.1, 0.15) is 30.1 Å². The summed E-state index contributed by atoms with van der Waals surface area (Å²) in [5.74, 6) is -1.17. The molecule has 25 heavy (non-hydrogen) atoms.